The molecular weight excluding hydrogens is 585 g/mol. The average Bonchev–Trinajstić information content (AvgIpc) is 3.01. The Morgan fingerprint density at radius 1 is 0.286 bits per heavy atom. The summed E-state index contributed by atoms with van der Waals surface area (Å²) in [4.78, 5) is 5.90. The molecule has 0 bridgehead atoms. The minimum Gasteiger partial charge on any atom is -0.125 e. The fourth-order valence-corrected chi connectivity index (χ4v) is 10.5. The third-order valence-corrected chi connectivity index (χ3v) is 13.0. The highest BCUT2D eigenvalue weighted by Gasteiger charge is 2.11. The predicted octanol–water partition coefficient (Wildman–Crippen LogP) is 12.7. The van der Waals surface area contributed by atoms with Crippen LogP contribution in [0.2, 0.25) is 0 Å². The van der Waals surface area contributed by atoms with Crippen molar-refractivity contribution < 1.29 is 0 Å². The van der Waals surface area contributed by atoms with Gasteiger partial charge in [0.25, 0.3) is 0 Å². The highest BCUT2D eigenvalue weighted by molar-refractivity contribution is 8.02. The summed E-state index contributed by atoms with van der Waals surface area (Å²) in [6.45, 7) is 0. The summed E-state index contributed by atoms with van der Waals surface area (Å²) >= 11 is 8.28. The van der Waals surface area contributed by atoms with E-state index in [0.29, 0.717) is 0 Å². The highest BCUT2D eigenvalue weighted by atomic mass is 32.2. The monoisotopic (exact) mass is 620 g/mol. The van der Waals surface area contributed by atoms with Gasteiger partial charge < -0.3 is 0 Å². The van der Waals surface area contributed by atoms with Gasteiger partial charge >= 0.3 is 0 Å². The molecule has 0 radical (unpaired) electrons. The standard InChI is InChI=1S/C38H36S4/c1-7-15-39-35-23-31-19-27-11-3-5-13-29(27)21-33(31)25-37(35)41-17-9-2-10-18-42-38-26-34-22-30-14-6-4-12-28(30)20-32(34)24-36(38)40-16-8-1/h3-6,11-14,19-26H,1-2,7-10,15-18H2. The van der Waals surface area contributed by atoms with Crippen LogP contribution in [0, 0.1) is 0 Å². The second-order valence-electron chi connectivity index (χ2n) is 11.2. The average molecular weight is 621 g/mol. The predicted molar refractivity (Wildman–Crippen MR) is 194 cm³/mol. The lowest BCUT2D eigenvalue weighted by Crippen LogP contribution is -1.91. The van der Waals surface area contributed by atoms with Gasteiger partial charge in [0.05, 0.1) is 0 Å². The molecule has 0 spiro atoms. The number of fused-ring (bicyclic) bond motifs is 6. The van der Waals surface area contributed by atoms with Crippen LogP contribution in [-0.4, -0.2) is 23.0 Å². The third kappa shape index (κ3) is 6.63. The van der Waals surface area contributed by atoms with Crippen LogP contribution < -0.4 is 0 Å². The van der Waals surface area contributed by atoms with Crippen molar-refractivity contribution in [3.63, 3.8) is 0 Å². The van der Waals surface area contributed by atoms with E-state index in [1.54, 1.807) is 0 Å². The molecule has 1 heterocycles. The number of hydrogen-bond donors (Lipinski definition) is 0. The topological polar surface area (TPSA) is 0 Å². The lowest BCUT2D eigenvalue weighted by atomic mass is 10.0. The van der Waals surface area contributed by atoms with E-state index in [4.69, 9.17) is 0 Å². The first-order valence-corrected chi connectivity index (χ1v) is 19.2. The minimum absolute atomic E-state index is 1.20. The molecule has 0 amide bonds. The molecule has 0 unspecified atom stereocenters. The molecule has 212 valence electrons. The Morgan fingerprint density at radius 2 is 0.548 bits per heavy atom. The molecule has 0 aromatic heterocycles. The first-order valence-electron chi connectivity index (χ1n) is 15.2. The first kappa shape index (κ1) is 28.5. The van der Waals surface area contributed by atoms with Gasteiger partial charge in [-0.2, -0.15) is 0 Å². The molecule has 0 N–H and O–H groups in total. The molecule has 42 heavy (non-hydrogen) atoms. The molecule has 4 heteroatoms. The summed E-state index contributed by atoms with van der Waals surface area (Å²) in [5, 5.41) is 10.8. The number of hydrogen-bond acceptors (Lipinski definition) is 4. The van der Waals surface area contributed by atoms with Gasteiger partial charge in [0.1, 0.15) is 0 Å². The van der Waals surface area contributed by atoms with Crippen molar-refractivity contribution in [3.8, 4) is 0 Å². The molecule has 0 atom stereocenters. The molecule has 6 aromatic carbocycles. The Morgan fingerprint density at radius 3 is 0.810 bits per heavy atom. The zero-order chi connectivity index (χ0) is 28.1. The molecule has 7 rings (SSSR count). The highest BCUT2D eigenvalue weighted by Crippen LogP contribution is 2.39. The maximum absolute atomic E-state index is 2.46. The van der Waals surface area contributed by atoms with Gasteiger partial charge in [-0.1, -0.05) is 61.4 Å². The van der Waals surface area contributed by atoms with E-state index in [-0.39, 0.29) is 0 Å². The smallest absolute Gasteiger partial charge is 0.0214 e. The van der Waals surface area contributed by atoms with E-state index < -0.39 is 0 Å². The molecule has 1 aliphatic heterocycles. The van der Waals surface area contributed by atoms with Crippen molar-refractivity contribution in [1.82, 2.24) is 0 Å². The van der Waals surface area contributed by atoms with Crippen molar-refractivity contribution in [3.05, 3.63) is 97.1 Å². The van der Waals surface area contributed by atoms with E-state index in [9.17, 15) is 0 Å². The molecular formula is C38H36S4. The summed E-state index contributed by atoms with van der Waals surface area (Å²) in [6.07, 6.45) is 7.68. The zero-order valence-electron chi connectivity index (χ0n) is 23.9. The molecule has 0 saturated carbocycles. The summed E-state index contributed by atoms with van der Waals surface area (Å²) in [5.41, 5.74) is 0. The van der Waals surface area contributed by atoms with Crippen molar-refractivity contribution in [1.29, 1.82) is 0 Å². The largest absolute Gasteiger partial charge is 0.125 e. The van der Waals surface area contributed by atoms with E-state index in [0.717, 1.165) is 0 Å². The fraction of sp³-hybridized carbons (Fsp3) is 0.263. The Balaban J connectivity index is 1.08. The van der Waals surface area contributed by atoms with Gasteiger partial charge in [-0.05, 0) is 140 Å². The molecule has 1 aliphatic rings. The van der Waals surface area contributed by atoms with Gasteiger partial charge in [0.2, 0.25) is 0 Å². The summed E-state index contributed by atoms with van der Waals surface area (Å²) in [6, 6.07) is 36.9. The van der Waals surface area contributed by atoms with Crippen LogP contribution in [0.15, 0.2) is 117 Å². The second-order valence-corrected chi connectivity index (χ2v) is 15.8. The molecule has 0 aliphatic carbocycles. The Labute approximate surface area is 266 Å². The van der Waals surface area contributed by atoms with Crippen LogP contribution in [0.25, 0.3) is 43.1 Å². The zero-order valence-corrected chi connectivity index (χ0v) is 27.2. The normalized spacial score (nSPS) is 16.2. The second kappa shape index (κ2) is 13.6. The Hall–Kier alpha value is -2.24. The number of benzene rings is 6. The van der Waals surface area contributed by atoms with Crippen molar-refractivity contribution in [2.75, 3.05) is 23.0 Å². The van der Waals surface area contributed by atoms with Crippen molar-refractivity contribution in [2.45, 2.75) is 58.1 Å². The van der Waals surface area contributed by atoms with Crippen LogP contribution in [0.1, 0.15) is 38.5 Å². The summed E-state index contributed by atoms with van der Waals surface area (Å²) in [5.74, 6) is 4.78. The van der Waals surface area contributed by atoms with Crippen LogP contribution in [-0.2, 0) is 0 Å². The van der Waals surface area contributed by atoms with E-state index in [2.05, 4.69) is 144 Å². The fourth-order valence-electron chi connectivity index (χ4n) is 5.84. The Kier molecular flexibility index (Phi) is 9.23. The van der Waals surface area contributed by atoms with E-state index >= 15 is 0 Å². The molecule has 0 fully saturated rings. The summed E-state index contributed by atoms with van der Waals surface area (Å²) < 4.78 is 0. The Bertz CT molecular complexity index is 1590. The first-order chi connectivity index (χ1) is 20.8. The van der Waals surface area contributed by atoms with E-state index in [1.165, 1.54) is 124 Å². The third-order valence-electron chi connectivity index (χ3n) is 8.14. The maximum atomic E-state index is 2.46. The van der Waals surface area contributed by atoms with Crippen LogP contribution in [0.4, 0.5) is 0 Å². The van der Waals surface area contributed by atoms with Crippen LogP contribution >= 0.6 is 47.0 Å². The van der Waals surface area contributed by atoms with Gasteiger partial charge in [0, 0.05) is 19.6 Å². The summed E-state index contributed by atoms with van der Waals surface area (Å²) in [7, 11) is 0. The molecule has 6 aromatic rings. The van der Waals surface area contributed by atoms with Crippen molar-refractivity contribution in [2.24, 2.45) is 0 Å². The van der Waals surface area contributed by atoms with E-state index in [1.807, 2.05) is 0 Å². The van der Waals surface area contributed by atoms with Gasteiger partial charge in [-0.15, -0.1) is 47.0 Å². The number of rotatable bonds is 0. The number of thioether (sulfide) groups is 4. The van der Waals surface area contributed by atoms with Crippen LogP contribution in [0.5, 0.6) is 0 Å². The van der Waals surface area contributed by atoms with Crippen LogP contribution in [0.3, 0.4) is 0 Å². The van der Waals surface area contributed by atoms with Gasteiger partial charge in [0.15, 0.2) is 0 Å². The SMILES string of the molecule is c1ccc2cc3cc4c(cc3cc2c1)SCCCCCSc1cc2cc3ccccc3cc2cc1SCCCCCS4. The van der Waals surface area contributed by atoms with Crippen molar-refractivity contribution >= 4 is 90.1 Å². The maximum Gasteiger partial charge on any atom is 0.0214 e. The minimum atomic E-state index is 1.20. The lowest BCUT2D eigenvalue weighted by molar-refractivity contribution is 0.783. The molecule has 0 nitrogen and oxygen atoms in total. The quantitative estimate of drug-likeness (QED) is 0.155. The van der Waals surface area contributed by atoms with Gasteiger partial charge in [-0.3, -0.25) is 0 Å². The van der Waals surface area contributed by atoms with Gasteiger partial charge in [-0.25, -0.2) is 0 Å². The molecule has 0 saturated heterocycles. The lowest BCUT2D eigenvalue weighted by Gasteiger charge is -2.14.